The Hall–Kier alpha value is -1.12. The van der Waals surface area contributed by atoms with Crippen molar-refractivity contribution in [2.75, 3.05) is 13.1 Å². The molecule has 1 rings (SSSR count). The maximum Gasteiger partial charge on any atom is 0.249 e. The highest BCUT2D eigenvalue weighted by molar-refractivity contribution is 5.97. The normalized spacial score (nSPS) is 17.2. The van der Waals surface area contributed by atoms with Gasteiger partial charge in [0.25, 0.3) is 0 Å². The third-order valence-corrected chi connectivity index (χ3v) is 1.68. The van der Waals surface area contributed by atoms with Crippen LogP contribution in [0.25, 0.3) is 0 Å². The second-order valence-electron chi connectivity index (χ2n) is 2.80. The van der Waals surface area contributed by atoms with Gasteiger partial charge in [-0.2, -0.15) is 0 Å². The van der Waals surface area contributed by atoms with Crippen LogP contribution in [0.15, 0.2) is 12.2 Å². The molecule has 3 heteroatoms. The molecule has 0 saturated carbocycles. The summed E-state index contributed by atoms with van der Waals surface area (Å²) in [6.45, 7) is 6.01. The largest absolute Gasteiger partial charge is 0.331 e. The molecule has 1 aliphatic rings. The molecule has 0 N–H and O–H groups in total. The fraction of sp³-hybridized carbons (Fsp3) is 0.500. The summed E-state index contributed by atoms with van der Waals surface area (Å²) in [5, 5.41) is 0. The fourth-order valence-corrected chi connectivity index (χ4v) is 1.07. The van der Waals surface area contributed by atoms with E-state index in [0.29, 0.717) is 18.5 Å². The quantitative estimate of drug-likeness (QED) is 0.510. The Morgan fingerprint density at radius 1 is 1.64 bits per heavy atom. The molecule has 0 spiro atoms. The first-order valence-corrected chi connectivity index (χ1v) is 3.57. The number of carbonyl (C=O) groups is 2. The number of hydrogen-bond acceptors (Lipinski definition) is 2. The number of nitrogens with zero attached hydrogens (tertiary/aromatic N) is 1. The van der Waals surface area contributed by atoms with Crippen LogP contribution in [0, 0.1) is 0 Å². The van der Waals surface area contributed by atoms with Gasteiger partial charge in [0.1, 0.15) is 0 Å². The first kappa shape index (κ1) is 7.98. The zero-order valence-corrected chi connectivity index (χ0v) is 6.59. The number of rotatable bonds is 1. The molecular formula is C8H11NO2. The van der Waals surface area contributed by atoms with Crippen LogP contribution >= 0.6 is 0 Å². The van der Waals surface area contributed by atoms with E-state index in [4.69, 9.17) is 0 Å². The minimum Gasteiger partial charge on any atom is -0.331 e. The predicted octanol–water partition coefficient (Wildman–Crippen LogP) is 0.364. The van der Waals surface area contributed by atoms with Crippen LogP contribution < -0.4 is 0 Å². The highest BCUT2D eigenvalue weighted by Gasteiger charge is 2.23. The van der Waals surface area contributed by atoms with Crippen molar-refractivity contribution < 1.29 is 9.59 Å². The lowest BCUT2D eigenvalue weighted by molar-refractivity contribution is -0.128. The van der Waals surface area contributed by atoms with Crippen molar-refractivity contribution in [1.29, 1.82) is 0 Å². The monoisotopic (exact) mass is 153 g/mol. The molecule has 1 fully saturated rings. The van der Waals surface area contributed by atoms with E-state index in [1.54, 1.807) is 6.92 Å². The number of ketones is 1. The van der Waals surface area contributed by atoms with Crippen molar-refractivity contribution >= 4 is 11.7 Å². The Morgan fingerprint density at radius 2 is 2.27 bits per heavy atom. The zero-order valence-electron chi connectivity index (χ0n) is 6.59. The molecular weight excluding hydrogens is 142 g/mol. The van der Waals surface area contributed by atoms with Crippen molar-refractivity contribution in [1.82, 2.24) is 4.90 Å². The molecule has 0 radical (unpaired) electrons. The Labute approximate surface area is 65.7 Å². The van der Waals surface area contributed by atoms with E-state index in [2.05, 4.69) is 6.58 Å². The first-order chi connectivity index (χ1) is 5.11. The van der Waals surface area contributed by atoms with Gasteiger partial charge in [0, 0.05) is 18.5 Å². The van der Waals surface area contributed by atoms with Crippen molar-refractivity contribution in [2.24, 2.45) is 0 Å². The first-order valence-electron chi connectivity index (χ1n) is 3.57. The van der Waals surface area contributed by atoms with E-state index in [1.807, 2.05) is 0 Å². The highest BCUT2D eigenvalue weighted by atomic mass is 16.2. The van der Waals surface area contributed by atoms with Crippen molar-refractivity contribution in [2.45, 2.75) is 13.3 Å². The van der Waals surface area contributed by atoms with Gasteiger partial charge in [0.05, 0.1) is 6.54 Å². The molecule has 1 saturated heterocycles. The molecule has 0 aromatic heterocycles. The number of hydrogen-bond donors (Lipinski definition) is 0. The highest BCUT2D eigenvalue weighted by Crippen LogP contribution is 2.07. The van der Waals surface area contributed by atoms with E-state index < -0.39 is 0 Å². The van der Waals surface area contributed by atoms with Crippen LogP contribution in [0.2, 0.25) is 0 Å². The van der Waals surface area contributed by atoms with Gasteiger partial charge in [0.15, 0.2) is 5.78 Å². The molecule has 11 heavy (non-hydrogen) atoms. The lowest BCUT2D eigenvalue weighted by atomic mass is 10.3. The van der Waals surface area contributed by atoms with Gasteiger partial charge in [0.2, 0.25) is 5.91 Å². The Bertz CT molecular complexity index is 220. The van der Waals surface area contributed by atoms with Crippen molar-refractivity contribution in [3.63, 3.8) is 0 Å². The second kappa shape index (κ2) is 2.86. The minimum atomic E-state index is -0.101. The molecule has 60 valence electrons. The summed E-state index contributed by atoms with van der Waals surface area (Å²) >= 11 is 0. The fourth-order valence-electron chi connectivity index (χ4n) is 1.07. The van der Waals surface area contributed by atoms with E-state index >= 15 is 0 Å². The average molecular weight is 153 g/mol. The van der Waals surface area contributed by atoms with Gasteiger partial charge in [-0.05, 0) is 6.92 Å². The second-order valence-corrected chi connectivity index (χ2v) is 2.80. The van der Waals surface area contributed by atoms with E-state index in [-0.39, 0.29) is 18.2 Å². The summed E-state index contributed by atoms with van der Waals surface area (Å²) in [6, 6.07) is 0. The third-order valence-electron chi connectivity index (χ3n) is 1.68. The third kappa shape index (κ3) is 1.67. The number of likely N-dealkylation sites (tertiary alicyclic amines) is 1. The minimum absolute atomic E-state index is 0.101. The smallest absolute Gasteiger partial charge is 0.249 e. The van der Waals surface area contributed by atoms with Gasteiger partial charge >= 0.3 is 0 Å². The summed E-state index contributed by atoms with van der Waals surface area (Å²) < 4.78 is 0. The van der Waals surface area contributed by atoms with Gasteiger partial charge in [-0.25, -0.2) is 0 Å². The maximum absolute atomic E-state index is 11.2. The summed E-state index contributed by atoms with van der Waals surface area (Å²) in [5.74, 6) is 0.0375. The molecule has 1 aliphatic heterocycles. The van der Waals surface area contributed by atoms with Crippen LogP contribution in [0.1, 0.15) is 13.3 Å². The standard InChI is InChI=1S/C8H11NO2/c1-6(2)8(11)9-4-3-7(10)5-9/h1,3-5H2,2H3. The van der Waals surface area contributed by atoms with Crippen molar-refractivity contribution in [3.8, 4) is 0 Å². The molecule has 0 aromatic carbocycles. The molecule has 0 aromatic rings. The van der Waals surface area contributed by atoms with Crippen LogP contribution in [-0.2, 0) is 9.59 Å². The maximum atomic E-state index is 11.2. The van der Waals surface area contributed by atoms with Gasteiger partial charge in [-0.15, -0.1) is 0 Å². The summed E-state index contributed by atoms with van der Waals surface area (Å²) in [5.41, 5.74) is 0.500. The molecule has 1 heterocycles. The summed E-state index contributed by atoms with van der Waals surface area (Å²) in [6.07, 6.45) is 0.499. The van der Waals surface area contributed by atoms with E-state index in [0.717, 1.165) is 0 Å². The SMILES string of the molecule is C=C(C)C(=O)N1CCC(=O)C1. The topological polar surface area (TPSA) is 37.4 Å². The summed E-state index contributed by atoms with van der Waals surface area (Å²) in [7, 11) is 0. The van der Waals surface area contributed by atoms with Crippen LogP contribution in [0.4, 0.5) is 0 Å². The van der Waals surface area contributed by atoms with Crippen LogP contribution in [0.3, 0.4) is 0 Å². The number of Topliss-reactive ketones (excluding diaryl/α,β-unsaturated/α-hetero) is 1. The number of carbonyl (C=O) groups excluding carboxylic acids is 2. The molecule has 1 amide bonds. The van der Waals surface area contributed by atoms with Gasteiger partial charge in [-0.1, -0.05) is 6.58 Å². The zero-order chi connectivity index (χ0) is 8.43. The molecule has 3 nitrogen and oxygen atoms in total. The van der Waals surface area contributed by atoms with E-state index in [9.17, 15) is 9.59 Å². The molecule has 0 atom stereocenters. The van der Waals surface area contributed by atoms with Crippen LogP contribution in [-0.4, -0.2) is 29.7 Å². The molecule has 0 unspecified atom stereocenters. The van der Waals surface area contributed by atoms with Gasteiger partial charge < -0.3 is 4.90 Å². The Kier molecular flexibility index (Phi) is 2.08. The molecule has 0 aliphatic carbocycles. The predicted molar refractivity (Wildman–Crippen MR) is 41.0 cm³/mol. The Balaban J connectivity index is 2.56. The lowest BCUT2D eigenvalue weighted by Crippen LogP contribution is -2.28. The number of amides is 1. The molecule has 0 bridgehead atoms. The van der Waals surface area contributed by atoms with Crippen LogP contribution in [0.5, 0.6) is 0 Å². The Morgan fingerprint density at radius 3 is 2.64 bits per heavy atom. The van der Waals surface area contributed by atoms with Gasteiger partial charge in [-0.3, -0.25) is 9.59 Å². The lowest BCUT2D eigenvalue weighted by Gasteiger charge is -2.12. The van der Waals surface area contributed by atoms with Crippen molar-refractivity contribution in [3.05, 3.63) is 12.2 Å². The summed E-state index contributed by atoms with van der Waals surface area (Å²) in [4.78, 5) is 23.5. The van der Waals surface area contributed by atoms with E-state index in [1.165, 1.54) is 4.90 Å². The average Bonchev–Trinajstić information content (AvgIpc) is 2.34.